The molecule has 0 fully saturated rings. The van der Waals surface area contributed by atoms with E-state index in [0.29, 0.717) is 10.6 Å². The molecule has 0 aromatic heterocycles. The van der Waals surface area contributed by atoms with Crippen LogP contribution in [0.15, 0.2) is 78.9 Å². The third kappa shape index (κ3) is 5.49. The first kappa shape index (κ1) is 21.6. The zero-order chi connectivity index (χ0) is 21.5. The van der Waals surface area contributed by atoms with Crippen LogP contribution in [0.25, 0.3) is 11.1 Å². The van der Waals surface area contributed by atoms with E-state index in [-0.39, 0.29) is 12.5 Å². The van der Waals surface area contributed by atoms with Crippen molar-refractivity contribution < 1.29 is 14.3 Å². The van der Waals surface area contributed by atoms with Crippen LogP contribution in [0.2, 0.25) is 5.02 Å². The van der Waals surface area contributed by atoms with Crippen molar-refractivity contribution in [2.75, 3.05) is 0 Å². The van der Waals surface area contributed by atoms with Crippen LogP contribution in [-0.4, -0.2) is 17.9 Å². The lowest BCUT2D eigenvalue weighted by Gasteiger charge is -2.21. The summed E-state index contributed by atoms with van der Waals surface area (Å²) >= 11 is 6.08. The Morgan fingerprint density at radius 3 is 2.10 bits per heavy atom. The first-order valence-electron chi connectivity index (χ1n) is 9.82. The summed E-state index contributed by atoms with van der Waals surface area (Å²) in [4.78, 5) is 25.2. The molecule has 0 radical (unpaired) electrons. The van der Waals surface area contributed by atoms with E-state index in [1.54, 1.807) is 24.3 Å². The van der Waals surface area contributed by atoms with Crippen LogP contribution in [0.3, 0.4) is 0 Å². The van der Waals surface area contributed by atoms with Crippen molar-refractivity contribution >= 4 is 23.5 Å². The summed E-state index contributed by atoms with van der Waals surface area (Å²) < 4.78 is 5.48. The van der Waals surface area contributed by atoms with E-state index >= 15 is 0 Å². The Kier molecular flexibility index (Phi) is 7.26. The Morgan fingerprint density at radius 2 is 1.47 bits per heavy atom. The first-order valence-corrected chi connectivity index (χ1v) is 10.2. The van der Waals surface area contributed by atoms with Crippen LogP contribution in [0.4, 0.5) is 0 Å². The van der Waals surface area contributed by atoms with Crippen LogP contribution in [0, 0.1) is 5.92 Å². The molecule has 0 spiro atoms. The van der Waals surface area contributed by atoms with Gasteiger partial charge < -0.3 is 10.1 Å². The Balaban J connectivity index is 1.61. The molecule has 1 atom stereocenters. The highest BCUT2D eigenvalue weighted by molar-refractivity contribution is 6.33. The van der Waals surface area contributed by atoms with Gasteiger partial charge in [0.05, 0.1) is 10.6 Å². The van der Waals surface area contributed by atoms with Crippen molar-refractivity contribution in [3.8, 4) is 11.1 Å². The van der Waals surface area contributed by atoms with Gasteiger partial charge in [-0.15, -0.1) is 0 Å². The molecule has 0 saturated heterocycles. The highest BCUT2D eigenvalue weighted by Crippen LogP contribution is 2.20. The summed E-state index contributed by atoms with van der Waals surface area (Å²) in [5, 5.41) is 3.08. The molecule has 0 saturated carbocycles. The summed E-state index contributed by atoms with van der Waals surface area (Å²) in [6, 6.07) is 23.9. The van der Waals surface area contributed by atoms with Gasteiger partial charge in [-0.05, 0) is 34.7 Å². The Bertz CT molecular complexity index is 1000. The monoisotopic (exact) mass is 421 g/mol. The second-order valence-electron chi connectivity index (χ2n) is 7.35. The standard InChI is InChI=1S/C25H24ClNO3/c1-17(2)23(27-24(28)21-10-6-7-11-22(21)26)25(29)30-16-18-12-14-20(15-13-18)19-8-4-3-5-9-19/h3-15,17,23H,16H2,1-2H3,(H,27,28)/t23-/m0/s1. The Labute approximate surface area is 181 Å². The maximum Gasteiger partial charge on any atom is 0.329 e. The Morgan fingerprint density at radius 1 is 0.867 bits per heavy atom. The molecule has 3 aromatic rings. The van der Waals surface area contributed by atoms with E-state index in [1.807, 2.05) is 68.4 Å². The third-order valence-electron chi connectivity index (χ3n) is 4.77. The van der Waals surface area contributed by atoms with Gasteiger partial charge in [0.25, 0.3) is 5.91 Å². The number of halogens is 1. The molecule has 1 amide bonds. The fraction of sp³-hybridized carbons (Fsp3) is 0.200. The number of rotatable bonds is 7. The molecule has 0 aliphatic rings. The molecule has 0 heterocycles. The first-order chi connectivity index (χ1) is 14.5. The predicted octanol–water partition coefficient (Wildman–Crippen LogP) is 5.50. The van der Waals surface area contributed by atoms with Gasteiger partial charge in [-0.1, -0.05) is 92.2 Å². The molecule has 3 aromatic carbocycles. The maximum atomic E-state index is 12.6. The summed E-state index contributed by atoms with van der Waals surface area (Å²) in [6.07, 6.45) is 0. The van der Waals surface area contributed by atoms with Crippen LogP contribution < -0.4 is 5.32 Å². The van der Waals surface area contributed by atoms with Gasteiger partial charge in [0.2, 0.25) is 0 Å². The lowest BCUT2D eigenvalue weighted by atomic mass is 10.0. The lowest BCUT2D eigenvalue weighted by molar-refractivity contribution is -0.148. The van der Waals surface area contributed by atoms with Gasteiger partial charge in [0, 0.05) is 0 Å². The number of esters is 1. The van der Waals surface area contributed by atoms with E-state index in [4.69, 9.17) is 16.3 Å². The number of amides is 1. The number of benzene rings is 3. The minimum absolute atomic E-state index is 0.135. The van der Waals surface area contributed by atoms with E-state index in [1.165, 1.54) is 0 Å². The second-order valence-corrected chi connectivity index (χ2v) is 7.75. The van der Waals surface area contributed by atoms with Crippen molar-refractivity contribution in [2.24, 2.45) is 5.92 Å². The molecule has 5 heteroatoms. The topological polar surface area (TPSA) is 55.4 Å². The molecule has 30 heavy (non-hydrogen) atoms. The summed E-state index contributed by atoms with van der Waals surface area (Å²) in [5.41, 5.74) is 3.43. The largest absolute Gasteiger partial charge is 0.459 e. The number of hydrogen-bond acceptors (Lipinski definition) is 3. The molecule has 0 aliphatic carbocycles. The SMILES string of the molecule is CC(C)[C@H](NC(=O)c1ccccc1Cl)C(=O)OCc1ccc(-c2ccccc2)cc1. The Hall–Kier alpha value is -3.11. The van der Waals surface area contributed by atoms with Gasteiger partial charge in [0.15, 0.2) is 0 Å². The predicted molar refractivity (Wildman–Crippen MR) is 119 cm³/mol. The second kappa shape index (κ2) is 10.1. The molecule has 154 valence electrons. The molecule has 0 bridgehead atoms. The number of carbonyl (C=O) groups is 2. The van der Waals surface area contributed by atoms with Gasteiger partial charge in [-0.3, -0.25) is 4.79 Å². The average Bonchev–Trinajstić information content (AvgIpc) is 2.76. The molecule has 0 unspecified atom stereocenters. The van der Waals surface area contributed by atoms with Crippen LogP contribution >= 0.6 is 11.6 Å². The van der Waals surface area contributed by atoms with E-state index in [0.717, 1.165) is 16.7 Å². The fourth-order valence-electron chi connectivity index (χ4n) is 3.03. The minimum Gasteiger partial charge on any atom is -0.459 e. The number of carbonyl (C=O) groups excluding carboxylic acids is 2. The van der Waals surface area contributed by atoms with Crippen LogP contribution in [0.5, 0.6) is 0 Å². The number of hydrogen-bond donors (Lipinski definition) is 1. The van der Waals surface area contributed by atoms with Gasteiger partial charge in [0.1, 0.15) is 12.6 Å². The van der Waals surface area contributed by atoms with E-state index < -0.39 is 17.9 Å². The van der Waals surface area contributed by atoms with Crippen molar-refractivity contribution in [3.63, 3.8) is 0 Å². The molecular formula is C25H24ClNO3. The van der Waals surface area contributed by atoms with Crippen LogP contribution in [0.1, 0.15) is 29.8 Å². The van der Waals surface area contributed by atoms with Crippen molar-refractivity contribution in [1.29, 1.82) is 0 Å². The summed E-state index contributed by atoms with van der Waals surface area (Å²) in [7, 11) is 0. The maximum absolute atomic E-state index is 12.6. The molecule has 4 nitrogen and oxygen atoms in total. The third-order valence-corrected chi connectivity index (χ3v) is 5.10. The van der Waals surface area contributed by atoms with Crippen molar-refractivity contribution in [1.82, 2.24) is 5.32 Å². The smallest absolute Gasteiger partial charge is 0.329 e. The highest BCUT2D eigenvalue weighted by Gasteiger charge is 2.26. The van der Waals surface area contributed by atoms with Gasteiger partial charge in [-0.25, -0.2) is 4.79 Å². The molecule has 0 aliphatic heterocycles. The number of ether oxygens (including phenoxy) is 1. The fourth-order valence-corrected chi connectivity index (χ4v) is 3.25. The lowest BCUT2D eigenvalue weighted by Crippen LogP contribution is -2.45. The van der Waals surface area contributed by atoms with E-state index in [9.17, 15) is 9.59 Å². The summed E-state index contributed by atoms with van der Waals surface area (Å²) in [6.45, 7) is 3.85. The minimum atomic E-state index is -0.766. The van der Waals surface area contributed by atoms with Gasteiger partial charge in [-0.2, -0.15) is 0 Å². The van der Waals surface area contributed by atoms with Crippen molar-refractivity contribution in [2.45, 2.75) is 26.5 Å². The highest BCUT2D eigenvalue weighted by atomic mass is 35.5. The van der Waals surface area contributed by atoms with Crippen molar-refractivity contribution in [3.05, 3.63) is 95.0 Å². The molecular weight excluding hydrogens is 398 g/mol. The molecule has 3 rings (SSSR count). The van der Waals surface area contributed by atoms with Gasteiger partial charge >= 0.3 is 5.97 Å². The van der Waals surface area contributed by atoms with E-state index in [2.05, 4.69) is 5.32 Å². The average molecular weight is 422 g/mol. The normalized spacial score (nSPS) is 11.7. The quantitative estimate of drug-likeness (QED) is 0.512. The number of nitrogens with one attached hydrogen (secondary N) is 1. The zero-order valence-corrected chi connectivity index (χ0v) is 17.7. The zero-order valence-electron chi connectivity index (χ0n) is 17.0. The van der Waals surface area contributed by atoms with Crippen LogP contribution in [-0.2, 0) is 16.1 Å². The molecule has 1 N–H and O–H groups in total. The summed E-state index contributed by atoms with van der Waals surface area (Å²) in [5.74, 6) is -1.01.